The van der Waals surface area contributed by atoms with Crippen LogP contribution in [0.4, 0.5) is 0 Å². The van der Waals surface area contributed by atoms with E-state index in [1.807, 2.05) is 12.3 Å². The minimum atomic E-state index is 0. The monoisotopic (exact) mass is 369 g/mol. The van der Waals surface area contributed by atoms with Gasteiger partial charge in [0.1, 0.15) is 0 Å². The van der Waals surface area contributed by atoms with Crippen molar-refractivity contribution in [3.8, 4) is 0 Å². The predicted molar refractivity (Wildman–Crippen MR) is 99.4 cm³/mol. The van der Waals surface area contributed by atoms with Crippen molar-refractivity contribution in [2.45, 2.75) is 25.9 Å². The van der Waals surface area contributed by atoms with Crippen LogP contribution in [0.1, 0.15) is 17.8 Å². The molecule has 2 saturated heterocycles. The summed E-state index contributed by atoms with van der Waals surface area (Å²) in [6.07, 6.45) is 1.27. The van der Waals surface area contributed by atoms with Crippen LogP contribution in [0.5, 0.6) is 0 Å². The van der Waals surface area contributed by atoms with Crippen LogP contribution in [0.25, 0.3) is 4.96 Å². The SMILES string of the molecule is Cc1csc2nc(CN3CCN(C4CCNC4)CC3)cc(=O)n12.Cl. The Morgan fingerprint density at radius 1 is 1.33 bits per heavy atom. The van der Waals surface area contributed by atoms with E-state index in [4.69, 9.17) is 0 Å². The Hall–Kier alpha value is -0.990. The van der Waals surface area contributed by atoms with Crippen molar-refractivity contribution >= 4 is 28.7 Å². The first kappa shape index (κ1) is 17.8. The van der Waals surface area contributed by atoms with Crippen molar-refractivity contribution < 1.29 is 0 Å². The van der Waals surface area contributed by atoms with E-state index in [0.717, 1.165) is 62.2 Å². The van der Waals surface area contributed by atoms with E-state index in [1.165, 1.54) is 17.8 Å². The van der Waals surface area contributed by atoms with Gasteiger partial charge in [0.25, 0.3) is 5.56 Å². The molecule has 1 atom stereocenters. The van der Waals surface area contributed by atoms with Gasteiger partial charge in [0, 0.05) is 62.5 Å². The van der Waals surface area contributed by atoms with Crippen LogP contribution in [0.15, 0.2) is 16.2 Å². The topological polar surface area (TPSA) is 52.9 Å². The number of rotatable bonds is 3. The molecule has 1 unspecified atom stereocenters. The average Bonchev–Trinajstić information content (AvgIpc) is 3.18. The quantitative estimate of drug-likeness (QED) is 0.873. The maximum atomic E-state index is 12.2. The fraction of sp³-hybridized carbons (Fsp3) is 0.625. The van der Waals surface area contributed by atoms with E-state index in [0.29, 0.717) is 6.04 Å². The third kappa shape index (κ3) is 3.50. The Kier molecular flexibility index (Phi) is 5.56. The van der Waals surface area contributed by atoms with Gasteiger partial charge in [-0.25, -0.2) is 4.98 Å². The lowest BCUT2D eigenvalue weighted by atomic mass is 10.2. The maximum Gasteiger partial charge on any atom is 0.259 e. The number of hydrogen-bond donors (Lipinski definition) is 1. The van der Waals surface area contributed by atoms with Crippen LogP contribution in [0.2, 0.25) is 0 Å². The fourth-order valence-electron chi connectivity index (χ4n) is 3.65. The van der Waals surface area contributed by atoms with Crippen molar-refractivity contribution in [1.29, 1.82) is 0 Å². The molecule has 4 heterocycles. The summed E-state index contributed by atoms with van der Waals surface area (Å²) in [5.41, 5.74) is 1.90. The average molecular weight is 370 g/mol. The minimum absolute atomic E-state index is 0. The maximum absolute atomic E-state index is 12.2. The van der Waals surface area contributed by atoms with E-state index in [9.17, 15) is 4.79 Å². The van der Waals surface area contributed by atoms with Gasteiger partial charge >= 0.3 is 0 Å². The van der Waals surface area contributed by atoms with Crippen LogP contribution < -0.4 is 10.9 Å². The van der Waals surface area contributed by atoms with E-state index in [-0.39, 0.29) is 18.0 Å². The number of aromatic nitrogens is 2. The molecule has 6 nitrogen and oxygen atoms in total. The smallest absolute Gasteiger partial charge is 0.259 e. The molecule has 0 aliphatic carbocycles. The summed E-state index contributed by atoms with van der Waals surface area (Å²) in [7, 11) is 0. The largest absolute Gasteiger partial charge is 0.315 e. The number of piperazine rings is 1. The lowest BCUT2D eigenvalue weighted by molar-refractivity contribution is 0.0974. The van der Waals surface area contributed by atoms with Gasteiger partial charge in [-0.05, 0) is 19.9 Å². The van der Waals surface area contributed by atoms with Crippen molar-refractivity contribution in [3.63, 3.8) is 0 Å². The lowest BCUT2D eigenvalue weighted by Gasteiger charge is -2.37. The Morgan fingerprint density at radius 2 is 2.12 bits per heavy atom. The molecule has 0 radical (unpaired) electrons. The zero-order valence-corrected chi connectivity index (χ0v) is 15.5. The van der Waals surface area contributed by atoms with Gasteiger partial charge in [0.2, 0.25) is 0 Å². The number of aryl methyl sites for hydroxylation is 1. The molecule has 0 spiro atoms. The highest BCUT2D eigenvalue weighted by Gasteiger charge is 2.26. The van der Waals surface area contributed by atoms with Crippen LogP contribution >= 0.6 is 23.7 Å². The van der Waals surface area contributed by atoms with E-state index >= 15 is 0 Å². The van der Waals surface area contributed by atoms with Gasteiger partial charge < -0.3 is 5.32 Å². The first-order valence-corrected chi connectivity index (χ1v) is 9.22. The second-order valence-electron chi connectivity index (χ2n) is 6.54. The molecule has 24 heavy (non-hydrogen) atoms. The van der Waals surface area contributed by atoms with Gasteiger partial charge in [0.05, 0.1) is 5.69 Å². The zero-order chi connectivity index (χ0) is 15.8. The molecule has 132 valence electrons. The second-order valence-corrected chi connectivity index (χ2v) is 7.38. The first-order valence-electron chi connectivity index (χ1n) is 8.34. The van der Waals surface area contributed by atoms with Crippen LogP contribution in [-0.4, -0.2) is 64.5 Å². The molecule has 0 saturated carbocycles. The summed E-state index contributed by atoms with van der Waals surface area (Å²) in [4.78, 5) is 22.7. The molecule has 2 aromatic rings. The summed E-state index contributed by atoms with van der Waals surface area (Å²) in [5.74, 6) is 0. The lowest BCUT2D eigenvalue weighted by Crippen LogP contribution is -2.50. The summed E-state index contributed by atoms with van der Waals surface area (Å²) in [5, 5.41) is 5.43. The molecular formula is C16H24ClN5OS. The Balaban J connectivity index is 0.00000169. The summed E-state index contributed by atoms with van der Waals surface area (Å²) >= 11 is 1.54. The van der Waals surface area contributed by atoms with Gasteiger partial charge in [0.15, 0.2) is 4.96 Å². The van der Waals surface area contributed by atoms with E-state index < -0.39 is 0 Å². The van der Waals surface area contributed by atoms with E-state index in [2.05, 4.69) is 20.1 Å². The highest BCUT2D eigenvalue weighted by Crippen LogP contribution is 2.15. The standard InChI is InChI=1S/C16H23N5OS.ClH/c1-12-11-23-16-18-13(8-15(22)21(12)16)10-19-4-6-20(7-5-19)14-2-3-17-9-14;/h8,11,14,17H,2-7,9-10H2,1H3;1H. The molecule has 2 aliphatic heterocycles. The number of nitrogens with one attached hydrogen (secondary N) is 1. The predicted octanol–water partition coefficient (Wildman–Crippen LogP) is 0.966. The summed E-state index contributed by atoms with van der Waals surface area (Å²) in [6.45, 7) is 9.36. The van der Waals surface area contributed by atoms with Crippen molar-refractivity contribution in [2.24, 2.45) is 0 Å². The Morgan fingerprint density at radius 3 is 2.83 bits per heavy atom. The summed E-state index contributed by atoms with van der Waals surface area (Å²) in [6, 6.07) is 2.41. The zero-order valence-electron chi connectivity index (χ0n) is 13.9. The summed E-state index contributed by atoms with van der Waals surface area (Å²) < 4.78 is 1.69. The Labute approximate surface area is 151 Å². The first-order chi connectivity index (χ1) is 11.2. The highest BCUT2D eigenvalue weighted by atomic mass is 35.5. The molecule has 1 N–H and O–H groups in total. The third-order valence-electron chi connectivity index (χ3n) is 4.97. The molecule has 0 aromatic carbocycles. The van der Waals surface area contributed by atoms with Crippen LogP contribution in [0.3, 0.4) is 0 Å². The highest BCUT2D eigenvalue weighted by molar-refractivity contribution is 7.15. The molecule has 2 aromatic heterocycles. The molecule has 8 heteroatoms. The number of hydrogen-bond acceptors (Lipinski definition) is 6. The van der Waals surface area contributed by atoms with Crippen molar-refractivity contribution in [3.05, 3.63) is 33.2 Å². The number of halogens is 1. The number of nitrogens with zero attached hydrogens (tertiary/aromatic N) is 4. The normalized spacial score (nSPS) is 22.8. The molecular weight excluding hydrogens is 346 g/mol. The second kappa shape index (κ2) is 7.49. The molecule has 2 fully saturated rings. The Bertz CT molecular complexity index is 746. The minimum Gasteiger partial charge on any atom is -0.315 e. The van der Waals surface area contributed by atoms with Crippen LogP contribution in [0, 0.1) is 6.92 Å². The molecule has 0 amide bonds. The number of thiazole rings is 1. The van der Waals surface area contributed by atoms with Crippen LogP contribution in [-0.2, 0) is 6.54 Å². The third-order valence-corrected chi connectivity index (χ3v) is 5.92. The van der Waals surface area contributed by atoms with Gasteiger partial charge in [-0.2, -0.15) is 0 Å². The molecule has 0 bridgehead atoms. The van der Waals surface area contributed by atoms with E-state index in [1.54, 1.807) is 10.5 Å². The molecule has 2 aliphatic rings. The van der Waals surface area contributed by atoms with Crippen molar-refractivity contribution in [2.75, 3.05) is 39.3 Å². The van der Waals surface area contributed by atoms with Gasteiger partial charge in [-0.1, -0.05) is 0 Å². The van der Waals surface area contributed by atoms with Gasteiger partial charge in [-0.3, -0.25) is 19.0 Å². The van der Waals surface area contributed by atoms with Crippen molar-refractivity contribution in [1.82, 2.24) is 24.5 Å². The number of fused-ring (bicyclic) bond motifs is 1. The van der Waals surface area contributed by atoms with Gasteiger partial charge in [-0.15, -0.1) is 23.7 Å². The molecule has 4 rings (SSSR count). The fourth-order valence-corrected chi connectivity index (χ4v) is 4.54.